The summed E-state index contributed by atoms with van der Waals surface area (Å²) in [6, 6.07) is 6.38. The summed E-state index contributed by atoms with van der Waals surface area (Å²) in [5.41, 5.74) is 4.51. The van der Waals surface area contributed by atoms with Crippen molar-refractivity contribution in [3.63, 3.8) is 0 Å². The molecule has 0 unspecified atom stereocenters. The van der Waals surface area contributed by atoms with Crippen molar-refractivity contribution in [2.45, 2.75) is 64.2 Å². The van der Waals surface area contributed by atoms with E-state index in [0.29, 0.717) is 5.92 Å². The van der Waals surface area contributed by atoms with E-state index in [1.165, 1.54) is 17.7 Å². The van der Waals surface area contributed by atoms with E-state index in [1.54, 1.807) is 0 Å². The van der Waals surface area contributed by atoms with Crippen molar-refractivity contribution in [2.75, 3.05) is 18.0 Å². The fraction of sp³-hybridized carbons (Fsp3) is 0.571. The second-order valence-electron chi connectivity index (χ2n) is 9.09. The molecule has 0 N–H and O–H groups in total. The molecule has 4 heterocycles. The van der Waals surface area contributed by atoms with Gasteiger partial charge >= 0.3 is 0 Å². The first-order valence-corrected chi connectivity index (χ1v) is 10.3. The van der Waals surface area contributed by atoms with Crippen LogP contribution in [-0.4, -0.2) is 43.1 Å². The summed E-state index contributed by atoms with van der Waals surface area (Å²) >= 11 is 0. The molecule has 1 fully saturated rings. The molecule has 5 rings (SSSR count). The second-order valence-corrected chi connectivity index (χ2v) is 9.09. The molecule has 7 nitrogen and oxygen atoms in total. The largest absolute Gasteiger partial charge is 0.355 e. The van der Waals surface area contributed by atoms with Gasteiger partial charge in [-0.1, -0.05) is 20.8 Å². The molecule has 0 spiro atoms. The van der Waals surface area contributed by atoms with E-state index in [9.17, 15) is 0 Å². The zero-order valence-corrected chi connectivity index (χ0v) is 16.9. The van der Waals surface area contributed by atoms with Gasteiger partial charge in [0, 0.05) is 24.4 Å². The molecule has 28 heavy (non-hydrogen) atoms. The molecule has 0 aromatic carbocycles. The summed E-state index contributed by atoms with van der Waals surface area (Å²) in [6.45, 7) is 8.39. The summed E-state index contributed by atoms with van der Waals surface area (Å²) in [5.74, 6) is 2.37. The minimum absolute atomic E-state index is 0.0282. The lowest BCUT2D eigenvalue weighted by Crippen LogP contribution is -2.34. The van der Waals surface area contributed by atoms with Crippen molar-refractivity contribution in [1.29, 1.82) is 0 Å². The summed E-state index contributed by atoms with van der Waals surface area (Å²) in [6.07, 6.45) is 5.45. The van der Waals surface area contributed by atoms with Gasteiger partial charge in [-0.05, 0) is 55.9 Å². The van der Waals surface area contributed by atoms with Crippen LogP contribution in [0.1, 0.15) is 68.7 Å². The van der Waals surface area contributed by atoms with Crippen LogP contribution in [0.25, 0.3) is 5.65 Å². The highest BCUT2D eigenvalue weighted by Crippen LogP contribution is 2.30. The van der Waals surface area contributed by atoms with E-state index in [0.717, 1.165) is 61.8 Å². The number of piperidine rings is 1. The molecule has 7 heteroatoms. The molecule has 0 radical (unpaired) electrons. The minimum Gasteiger partial charge on any atom is -0.355 e. The monoisotopic (exact) mass is 377 g/mol. The summed E-state index contributed by atoms with van der Waals surface area (Å²) in [5, 5.41) is 22.7. The average molecular weight is 377 g/mol. The Morgan fingerprint density at radius 2 is 1.79 bits per heavy atom. The lowest BCUT2D eigenvalue weighted by molar-refractivity contribution is 0.472. The third kappa shape index (κ3) is 3.02. The Balaban J connectivity index is 1.32. The third-order valence-electron chi connectivity index (χ3n) is 6.05. The molecule has 146 valence electrons. The van der Waals surface area contributed by atoms with E-state index in [2.05, 4.69) is 64.3 Å². The van der Waals surface area contributed by atoms with Crippen LogP contribution in [0.5, 0.6) is 0 Å². The van der Waals surface area contributed by atoms with E-state index in [-0.39, 0.29) is 5.41 Å². The number of hydrogen-bond acceptors (Lipinski definition) is 6. The summed E-state index contributed by atoms with van der Waals surface area (Å²) in [4.78, 5) is 2.32. The lowest BCUT2D eigenvalue weighted by atomic mass is 9.92. The van der Waals surface area contributed by atoms with E-state index in [1.807, 2.05) is 4.52 Å². The first kappa shape index (κ1) is 17.5. The number of rotatable bonds is 2. The van der Waals surface area contributed by atoms with Crippen LogP contribution in [0.4, 0.5) is 5.82 Å². The molecule has 1 aliphatic heterocycles. The zero-order chi connectivity index (χ0) is 19.3. The topological polar surface area (TPSA) is 72.1 Å². The number of nitrogens with zero attached hydrogens (tertiary/aromatic N) is 7. The van der Waals surface area contributed by atoms with Crippen LogP contribution in [-0.2, 0) is 18.3 Å². The average Bonchev–Trinajstić information content (AvgIpc) is 3.32. The Kier molecular flexibility index (Phi) is 4.07. The standard InChI is InChI=1S/C21H27N7/c1-21(2,3)17-7-8-18(23-22-17)27-11-9-14(10-12-27)20-25-24-19-13-15-5-4-6-16(15)26-28(19)20/h7-8,13-14H,4-6,9-12H2,1-3H3. The maximum atomic E-state index is 4.86. The van der Waals surface area contributed by atoms with Crippen LogP contribution in [0.15, 0.2) is 18.2 Å². The Morgan fingerprint density at radius 3 is 2.50 bits per heavy atom. The van der Waals surface area contributed by atoms with Gasteiger partial charge in [0.15, 0.2) is 17.3 Å². The van der Waals surface area contributed by atoms with Gasteiger partial charge in [-0.2, -0.15) is 14.7 Å². The molecule has 0 amide bonds. The number of hydrogen-bond donors (Lipinski definition) is 0. The van der Waals surface area contributed by atoms with Crippen molar-refractivity contribution in [3.05, 3.63) is 41.0 Å². The van der Waals surface area contributed by atoms with Gasteiger partial charge in [0.05, 0.1) is 11.4 Å². The number of anilines is 1. The van der Waals surface area contributed by atoms with Crippen LogP contribution >= 0.6 is 0 Å². The smallest absolute Gasteiger partial charge is 0.178 e. The van der Waals surface area contributed by atoms with Gasteiger partial charge in [0.25, 0.3) is 0 Å². The van der Waals surface area contributed by atoms with Crippen LogP contribution in [0.3, 0.4) is 0 Å². The maximum Gasteiger partial charge on any atom is 0.178 e. The first-order chi connectivity index (χ1) is 13.5. The van der Waals surface area contributed by atoms with Gasteiger partial charge in [-0.15, -0.1) is 15.3 Å². The Hall–Kier alpha value is -2.57. The van der Waals surface area contributed by atoms with E-state index in [4.69, 9.17) is 5.10 Å². The van der Waals surface area contributed by atoms with Crippen molar-refractivity contribution < 1.29 is 0 Å². The third-order valence-corrected chi connectivity index (χ3v) is 6.05. The molecule has 0 atom stereocenters. The number of aryl methyl sites for hydroxylation is 2. The van der Waals surface area contributed by atoms with Crippen molar-refractivity contribution in [1.82, 2.24) is 30.0 Å². The van der Waals surface area contributed by atoms with Crippen molar-refractivity contribution in [2.24, 2.45) is 0 Å². The summed E-state index contributed by atoms with van der Waals surface area (Å²) < 4.78 is 1.99. The highest BCUT2D eigenvalue weighted by Gasteiger charge is 2.27. The molecule has 0 saturated carbocycles. The molecule has 2 aliphatic rings. The van der Waals surface area contributed by atoms with Crippen molar-refractivity contribution in [3.8, 4) is 0 Å². The Labute approximate surface area is 165 Å². The van der Waals surface area contributed by atoms with Crippen LogP contribution < -0.4 is 4.90 Å². The highest BCUT2D eigenvalue weighted by molar-refractivity contribution is 5.43. The Bertz CT molecular complexity index is 992. The second kappa shape index (κ2) is 6.50. The van der Waals surface area contributed by atoms with Gasteiger partial charge in [-0.3, -0.25) is 0 Å². The molecule has 0 bridgehead atoms. The van der Waals surface area contributed by atoms with Gasteiger partial charge in [0.2, 0.25) is 0 Å². The normalized spacial score (nSPS) is 18.0. The maximum absolute atomic E-state index is 4.86. The highest BCUT2D eigenvalue weighted by atomic mass is 15.4. The first-order valence-electron chi connectivity index (χ1n) is 10.3. The van der Waals surface area contributed by atoms with Gasteiger partial charge < -0.3 is 4.90 Å². The quantitative estimate of drug-likeness (QED) is 0.683. The van der Waals surface area contributed by atoms with E-state index >= 15 is 0 Å². The molecule has 1 aliphatic carbocycles. The summed E-state index contributed by atoms with van der Waals surface area (Å²) in [7, 11) is 0. The molecule has 3 aromatic heterocycles. The van der Waals surface area contributed by atoms with Gasteiger partial charge in [0.1, 0.15) is 0 Å². The fourth-order valence-electron chi connectivity index (χ4n) is 4.31. The molecular formula is C21H27N7. The lowest BCUT2D eigenvalue weighted by Gasteiger charge is -2.31. The van der Waals surface area contributed by atoms with E-state index < -0.39 is 0 Å². The SMILES string of the molecule is CC(C)(C)c1ccc(N2CCC(c3nnc4cc5c(nn34)CCC5)CC2)nn1. The molecule has 3 aromatic rings. The molecular weight excluding hydrogens is 350 g/mol. The minimum atomic E-state index is 0.0282. The van der Waals surface area contributed by atoms with Crippen LogP contribution in [0, 0.1) is 0 Å². The number of fused-ring (bicyclic) bond motifs is 2. The van der Waals surface area contributed by atoms with Crippen molar-refractivity contribution >= 4 is 11.5 Å². The predicted octanol–water partition coefficient (Wildman–Crippen LogP) is 3.08. The zero-order valence-electron chi connectivity index (χ0n) is 16.9. The Morgan fingerprint density at radius 1 is 0.964 bits per heavy atom. The van der Waals surface area contributed by atoms with Crippen LogP contribution in [0.2, 0.25) is 0 Å². The number of aromatic nitrogens is 6. The fourth-order valence-corrected chi connectivity index (χ4v) is 4.31. The predicted molar refractivity (Wildman–Crippen MR) is 108 cm³/mol. The van der Waals surface area contributed by atoms with Gasteiger partial charge in [-0.25, -0.2) is 0 Å². The molecule has 1 saturated heterocycles.